The lowest BCUT2D eigenvalue weighted by Crippen LogP contribution is -2.06. The quantitative estimate of drug-likeness (QED) is 0.393. The number of nitrogen functional groups attached to an aromatic ring is 1. The van der Waals surface area contributed by atoms with Gasteiger partial charge in [-0.1, -0.05) is 11.8 Å². The maximum Gasteiger partial charge on any atom is 0.191 e. The molecule has 0 unspecified atom stereocenters. The van der Waals surface area contributed by atoms with E-state index in [0.717, 1.165) is 27.0 Å². The minimum atomic E-state index is 0.121. The van der Waals surface area contributed by atoms with Crippen molar-refractivity contribution in [3.63, 3.8) is 0 Å². The molecule has 0 amide bonds. The summed E-state index contributed by atoms with van der Waals surface area (Å²) in [6, 6.07) is 2.60. The molecule has 1 fully saturated rings. The third-order valence-electron chi connectivity index (χ3n) is 5.07. The number of hydrogen-bond acceptors (Lipinski definition) is 6. The summed E-state index contributed by atoms with van der Waals surface area (Å²) in [5, 5.41) is 1.51. The number of nitrogens with zero attached hydrogens (tertiary/aromatic N) is 3. The first-order valence-electron chi connectivity index (χ1n) is 8.74. The summed E-state index contributed by atoms with van der Waals surface area (Å²) in [4.78, 5) is 23.8. The number of aryl methyl sites for hydroxylation is 3. The van der Waals surface area contributed by atoms with Crippen molar-refractivity contribution in [1.82, 2.24) is 14.5 Å². The van der Waals surface area contributed by atoms with Crippen molar-refractivity contribution in [2.24, 2.45) is 0 Å². The van der Waals surface area contributed by atoms with Gasteiger partial charge < -0.3 is 10.3 Å². The summed E-state index contributed by atoms with van der Waals surface area (Å²) in [5.74, 6) is 0.943. The molecular weight excluding hydrogens is 364 g/mol. The van der Waals surface area contributed by atoms with Gasteiger partial charge in [-0.25, -0.2) is 9.97 Å². The topological polar surface area (TPSA) is 73.8 Å². The molecule has 0 spiro atoms. The number of carbonyl (C=O) groups excluding carboxylic acids is 1. The first-order valence-corrected chi connectivity index (χ1v) is 10.5. The third kappa shape index (κ3) is 2.93. The number of Topliss-reactive ketones (excluding diaryl/α,β-unsaturated/α-hetero) is 1. The monoisotopic (exact) mass is 386 g/mol. The number of carbonyl (C=O) groups is 1. The summed E-state index contributed by atoms with van der Waals surface area (Å²) >= 11 is 2.98. The summed E-state index contributed by atoms with van der Waals surface area (Å²) in [5.41, 5.74) is 10.3. The van der Waals surface area contributed by atoms with Crippen LogP contribution in [0.25, 0.3) is 10.2 Å². The first kappa shape index (κ1) is 17.5. The van der Waals surface area contributed by atoms with Gasteiger partial charge in [0.05, 0.1) is 11.1 Å². The fraction of sp³-hybridized carbons (Fsp3) is 0.421. The summed E-state index contributed by atoms with van der Waals surface area (Å²) in [6.45, 7) is 8.22. The number of nitrogens with two attached hydrogens (primary N) is 1. The lowest BCUT2D eigenvalue weighted by atomic mass is 10.2. The van der Waals surface area contributed by atoms with E-state index in [2.05, 4.69) is 28.4 Å². The molecule has 0 saturated heterocycles. The highest BCUT2D eigenvalue weighted by Crippen LogP contribution is 2.38. The SMILES string of the molecule is Cc1sc2nc(SCC(=O)c3cc(C)n(C4CC4)c3C)nc(N)c2c1C. The molecule has 0 aromatic carbocycles. The largest absolute Gasteiger partial charge is 0.383 e. The van der Waals surface area contributed by atoms with E-state index in [1.807, 2.05) is 19.9 Å². The highest BCUT2D eigenvalue weighted by Gasteiger charge is 2.28. The Labute approximate surface area is 161 Å². The minimum Gasteiger partial charge on any atom is -0.383 e. The van der Waals surface area contributed by atoms with Gasteiger partial charge in [0.25, 0.3) is 0 Å². The molecule has 1 saturated carbocycles. The van der Waals surface area contributed by atoms with Gasteiger partial charge in [-0.15, -0.1) is 11.3 Å². The van der Waals surface area contributed by atoms with Crippen LogP contribution in [0.2, 0.25) is 0 Å². The van der Waals surface area contributed by atoms with Gasteiger partial charge in [0.15, 0.2) is 10.9 Å². The van der Waals surface area contributed by atoms with Crippen LogP contribution in [0.4, 0.5) is 5.82 Å². The Bertz CT molecular complexity index is 1030. The molecule has 5 nitrogen and oxygen atoms in total. The molecule has 1 aliphatic rings. The molecule has 3 aromatic heterocycles. The molecule has 0 aliphatic heterocycles. The van der Waals surface area contributed by atoms with E-state index in [9.17, 15) is 4.79 Å². The second kappa shape index (κ2) is 6.39. The molecule has 26 heavy (non-hydrogen) atoms. The average molecular weight is 387 g/mol. The van der Waals surface area contributed by atoms with E-state index in [4.69, 9.17) is 5.73 Å². The molecule has 0 bridgehead atoms. The number of hydrogen-bond donors (Lipinski definition) is 1. The van der Waals surface area contributed by atoms with Gasteiger partial charge in [0.1, 0.15) is 10.6 Å². The van der Waals surface area contributed by atoms with Crippen LogP contribution in [0, 0.1) is 27.7 Å². The zero-order chi connectivity index (χ0) is 18.6. The predicted octanol–water partition coefficient (Wildman–Crippen LogP) is 4.62. The molecule has 4 rings (SSSR count). The number of thiophene rings is 1. The van der Waals surface area contributed by atoms with Crippen molar-refractivity contribution >= 4 is 44.9 Å². The van der Waals surface area contributed by atoms with Crippen LogP contribution in [0.3, 0.4) is 0 Å². The van der Waals surface area contributed by atoms with E-state index in [-0.39, 0.29) is 5.78 Å². The molecule has 3 heterocycles. The zero-order valence-corrected chi connectivity index (χ0v) is 17.1. The van der Waals surface area contributed by atoms with Crippen LogP contribution in [0.5, 0.6) is 0 Å². The second-order valence-corrected chi connectivity index (χ2v) is 9.10. The molecule has 136 valence electrons. The molecule has 1 aliphatic carbocycles. The molecule has 2 N–H and O–H groups in total. The van der Waals surface area contributed by atoms with Gasteiger partial charge in [-0.05, 0) is 52.2 Å². The van der Waals surface area contributed by atoms with E-state index < -0.39 is 0 Å². The number of aromatic nitrogens is 3. The number of anilines is 1. The van der Waals surface area contributed by atoms with Crippen molar-refractivity contribution in [1.29, 1.82) is 0 Å². The maximum absolute atomic E-state index is 12.7. The lowest BCUT2D eigenvalue weighted by molar-refractivity contribution is 0.102. The van der Waals surface area contributed by atoms with Crippen LogP contribution in [0.15, 0.2) is 11.2 Å². The normalized spacial score (nSPS) is 14.3. The zero-order valence-electron chi connectivity index (χ0n) is 15.4. The van der Waals surface area contributed by atoms with Crippen LogP contribution < -0.4 is 5.73 Å². The van der Waals surface area contributed by atoms with Crippen LogP contribution in [0.1, 0.15) is 51.1 Å². The number of ketones is 1. The third-order valence-corrected chi connectivity index (χ3v) is 7.01. The van der Waals surface area contributed by atoms with E-state index in [1.54, 1.807) is 11.3 Å². The maximum atomic E-state index is 12.7. The number of rotatable bonds is 5. The molecular formula is C19H22N4OS2. The summed E-state index contributed by atoms with van der Waals surface area (Å²) < 4.78 is 2.30. The smallest absolute Gasteiger partial charge is 0.191 e. The fourth-order valence-corrected chi connectivity index (χ4v) is 5.32. The van der Waals surface area contributed by atoms with E-state index in [0.29, 0.717) is 22.8 Å². The van der Waals surface area contributed by atoms with E-state index in [1.165, 1.54) is 35.2 Å². The van der Waals surface area contributed by atoms with Crippen molar-refractivity contribution in [3.05, 3.63) is 33.5 Å². The van der Waals surface area contributed by atoms with Gasteiger partial charge in [-0.3, -0.25) is 4.79 Å². The summed E-state index contributed by atoms with van der Waals surface area (Å²) in [7, 11) is 0. The predicted molar refractivity (Wildman–Crippen MR) is 109 cm³/mol. The second-order valence-electron chi connectivity index (χ2n) is 6.95. The lowest BCUT2D eigenvalue weighted by Gasteiger charge is -2.07. The standard InChI is InChI=1S/C19H22N4OS2/c1-9-7-14(11(3)23(9)13-5-6-13)15(24)8-25-19-21-17(20)16-10(2)12(4)26-18(16)22-19/h7,13H,5-6,8H2,1-4H3,(H2,20,21,22). The summed E-state index contributed by atoms with van der Waals surface area (Å²) in [6.07, 6.45) is 2.43. The Morgan fingerprint density at radius 3 is 2.73 bits per heavy atom. The molecule has 3 aromatic rings. The van der Waals surface area contributed by atoms with Crippen molar-refractivity contribution < 1.29 is 4.79 Å². The Hall–Kier alpha value is -1.86. The highest BCUT2D eigenvalue weighted by molar-refractivity contribution is 7.99. The van der Waals surface area contributed by atoms with Crippen LogP contribution in [-0.2, 0) is 0 Å². The van der Waals surface area contributed by atoms with Gasteiger partial charge in [0.2, 0.25) is 0 Å². The highest BCUT2D eigenvalue weighted by atomic mass is 32.2. The van der Waals surface area contributed by atoms with Crippen LogP contribution >= 0.6 is 23.1 Å². The fourth-order valence-electron chi connectivity index (χ4n) is 3.49. The Balaban J connectivity index is 1.55. The van der Waals surface area contributed by atoms with Crippen molar-refractivity contribution in [2.45, 2.75) is 51.7 Å². The minimum absolute atomic E-state index is 0.121. The first-order chi connectivity index (χ1) is 12.4. The van der Waals surface area contributed by atoms with Gasteiger partial charge in [-0.2, -0.15) is 0 Å². The average Bonchev–Trinajstić information content (AvgIpc) is 3.31. The Morgan fingerprint density at radius 2 is 2.04 bits per heavy atom. The number of fused-ring (bicyclic) bond motifs is 1. The van der Waals surface area contributed by atoms with Crippen molar-refractivity contribution in [2.75, 3.05) is 11.5 Å². The molecule has 7 heteroatoms. The van der Waals surface area contributed by atoms with Gasteiger partial charge in [0, 0.05) is 27.9 Å². The van der Waals surface area contributed by atoms with E-state index >= 15 is 0 Å². The Kier molecular flexibility index (Phi) is 4.31. The number of thioether (sulfide) groups is 1. The van der Waals surface area contributed by atoms with Crippen molar-refractivity contribution in [3.8, 4) is 0 Å². The van der Waals surface area contributed by atoms with Crippen LogP contribution in [-0.4, -0.2) is 26.1 Å². The molecule has 0 atom stereocenters. The van der Waals surface area contributed by atoms with Gasteiger partial charge >= 0.3 is 0 Å². The molecule has 0 radical (unpaired) electrons. The Morgan fingerprint density at radius 1 is 1.31 bits per heavy atom.